The first kappa shape index (κ1) is 11.6. The summed E-state index contributed by atoms with van der Waals surface area (Å²) in [6.45, 7) is 2.05. The van der Waals surface area contributed by atoms with Crippen LogP contribution in [0.2, 0.25) is 0 Å². The first-order chi connectivity index (χ1) is 8.72. The zero-order valence-electron chi connectivity index (χ0n) is 10.0. The number of imidazole rings is 1. The quantitative estimate of drug-likeness (QED) is 0.852. The maximum absolute atomic E-state index is 4.55. The van der Waals surface area contributed by atoms with E-state index in [-0.39, 0.29) is 6.04 Å². The normalized spacial score (nSPS) is 16.6. The van der Waals surface area contributed by atoms with Gasteiger partial charge >= 0.3 is 0 Å². The molecule has 0 bridgehead atoms. The molecule has 2 N–H and O–H groups in total. The molecule has 1 saturated carbocycles. The predicted octanol–water partition coefficient (Wildman–Crippen LogP) is 3.01. The van der Waals surface area contributed by atoms with Crippen molar-refractivity contribution in [2.75, 3.05) is 5.32 Å². The highest BCUT2D eigenvalue weighted by molar-refractivity contribution is 9.10. The van der Waals surface area contributed by atoms with Gasteiger partial charge in [-0.15, -0.1) is 0 Å². The van der Waals surface area contributed by atoms with Crippen molar-refractivity contribution >= 4 is 21.7 Å². The number of nitrogens with one attached hydrogen (secondary N) is 2. The molecule has 0 saturated heterocycles. The third-order valence-electron chi connectivity index (χ3n) is 2.95. The Kier molecular flexibility index (Phi) is 3.03. The molecule has 1 aliphatic carbocycles. The Labute approximate surface area is 114 Å². The lowest BCUT2D eigenvalue weighted by Crippen LogP contribution is -2.10. The van der Waals surface area contributed by atoms with Crippen LogP contribution in [0.3, 0.4) is 0 Å². The van der Waals surface area contributed by atoms with Gasteiger partial charge in [-0.25, -0.2) is 15.0 Å². The molecule has 1 fully saturated rings. The molecule has 18 heavy (non-hydrogen) atoms. The number of aromatic amines is 1. The van der Waals surface area contributed by atoms with Crippen molar-refractivity contribution in [1.29, 1.82) is 0 Å². The summed E-state index contributed by atoms with van der Waals surface area (Å²) in [5, 5.41) is 3.33. The summed E-state index contributed by atoms with van der Waals surface area (Å²) in [7, 11) is 0. The highest BCUT2D eigenvalue weighted by atomic mass is 79.9. The Bertz CT molecular complexity index is 535. The minimum atomic E-state index is 0.0915. The van der Waals surface area contributed by atoms with E-state index < -0.39 is 0 Å². The number of rotatable bonds is 4. The average Bonchev–Trinajstić information content (AvgIpc) is 3.03. The van der Waals surface area contributed by atoms with E-state index in [1.807, 2.05) is 19.2 Å². The molecule has 2 heterocycles. The van der Waals surface area contributed by atoms with Gasteiger partial charge in [0.15, 0.2) is 0 Å². The minimum Gasteiger partial charge on any atom is -0.360 e. The van der Waals surface area contributed by atoms with Gasteiger partial charge in [-0.2, -0.15) is 0 Å². The summed E-state index contributed by atoms with van der Waals surface area (Å²) in [6.07, 6.45) is 5.96. The molecule has 0 spiro atoms. The van der Waals surface area contributed by atoms with Crippen LogP contribution in [0.1, 0.15) is 43.4 Å². The predicted molar refractivity (Wildman–Crippen MR) is 72.3 cm³/mol. The number of nitrogens with zero attached hydrogens (tertiary/aromatic N) is 3. The van der Waals surface area contributed by atoms with E-state index in [9.17, 15) is 0 Å². The van der Waals surface area contributed by atoms with Crippen molar-refractivity contribution < 1.29 is 0 Å². The van der Waals surface area contributed by atoms with Crippen molar-refractivity contribution in [1.82, 2.24) is 19.9 Å². The van der Waals surface area contributed by atoms with Gasteiger partial charge < -0.3 is 10.3 Å². The first-order valence-electron chi connectivity index (χ1n) is 6.02. The van der Waals surface area contributed by atoms with Gasteiger partial charge in [0.1, 0.15) is 22.1 Å². The fraction of sp³-hybridized carbons (Fsp3) is 0.417. The van der Waals surface area contributed by atoms with Gasteiger partial charge in [-0.05, 0) is 35.7 Å². The smallest absolute Gasteiger partial charge is 0.135 e. The van der Waals surface area contributed by atoms with Gasteiger partial charge in [0.05, 0.1) is 6.04 Å². The van der Waals surface area contributed by atoms with Gasteiger partial charge in [0.2, 0.25) is 0 Å². The second-order valence-electron chi connectivity index (χ2n) is 4.55. The lowest BCUT2D eigenvalue weighted by molar-refractivity contribution is 0.795. The van der Waals surface area contributed by atoms with Crippen LogP contribution >= 0.6 is 15.9 Å². The molecule has 0 aliphatic heterocycles. The lowest BCUT2D eigenvalue weighted by Gasteiger charge is -2.13. The van der Waals surface area contributed by atoms with Crippen LogP contribution in [0.25, 0.3) is 0 Å². The van der Waals surface area contributed by atoms with E-state index in [1.54, 1.807) is 6.20 Å². The molecule has 0 aromatic carbocycles. The van der Waals surface area contributed by atoms with E-state index in [4.69, 9.17) is 0 Å². The number of H-pyrrole nitrogens is 1. The minimum absolute atomic E-state index is 0.0915. The fourth-order valence-corrected chi connectivity index (χ4v) is 2.24. The molecule has 1 aliphatic rings. The van der Waals surface area contributed by atoms with Crippen LogP contribution in [0.4, 0.5) is 5.82 Å². The molecular weight excluding hydrogens is 294 g/mol. The summed E-state index contributed by atoms with van der Waals surface area (Å²) in [6, 6.07) is 1.99. The van der Waals surface area contributed by atoms with E-state index in [1.165, 1.54) is 12.8 Å². The number of halogens is 1. The van der Waals surface area contributed by atoms with Crippen molar-refractivity contribution in [3.05, 3.63) is 34.7 Å². The Morgan fingerprint density at radius 1 is 1.44 bits per heavy atom. The summed E-state index contributed by atoms with van der Waals surface area (Å²) in [5.41, 5.74) is 0. The topological polar surface area (TPSA) is 66.5 Å². The first-order valence-corrected chi connectivity index (χ1v) is 6.82. The summed E-state index contributed by atoms with van der Waals surface area (Å²) in [5.74, 6) is 3.21. The number of anilines is 1. The van der Waals surface area contributed by atoms with Crippen LogP contribution in [0.15, 0.2) is 23.1 Å². The van der Waals surface area contributed by atoms with Crippen molar-refractivity contribution in [2.45, 2.75) is 31.7 Å². The van der Waals surface area contributed by atoms with Crippen LogP contribution in [0.5, 0.6) is 0 Å². The largest absolute Gasteiger partial charge is 0.360 e. The maximum Gasteiger partial charge on any atom is 0.135 e. The van der Waals surface area contributed by atoms with Gasteiger partial charge in [0.25, 0.3) is 0 Å². The lowest BCUT2D eigenvalue weighted by atomic mass is 10.3. The monoisotopic (exact) mass is 307 g/mol. The Hall–Kier alpha value is -1.43. The molecule has 1 atom stereocenters. The molecule has 2 aromatic heterocycles. The maximum atomic E-state index is 4.55. The van der Waals surface area contributed by atoms with Crippen molar-refractivity contribution in [3.63, 3.8) is 0 Å². The van der Waals surface area contributed by atoms with Crippen molar-refractivity contribution in [3.8, 4) is 0 Å². The average molecular weight is 308 g/mol. The van der Waals surface area contributed by atoms with E-state index in [2.05, 4.69) is 41.2 Å². The standard InChI is InChI=1S/C12H14BrN5/c1-7(11-14-4-5-15-11)16-10-6-9(13)17-12(18-10)8-2-3-8/h4-8H,2-3H2,1H3,(H,14,15)(H,16,17,18). The van der Waals surface area contributed by atoms with E-state index in [0.29, 0.717) is 5.92 Å². The summed E-state index contributed by atoms with van der Waals surface area (Å²) >= 11 is 3.43. The van der Waals surface area contributed by atoms with Crippen LogP contribution in [0, 0.1) is 0 Å². The second kappa shape index (κ2) is 4.68. The molecule has 2 aromatic rings. The van der Waals surface area contributed by atoms with Crippen molar-refractivity contribution in [2.24, 2.45) is 0 Å². The van der Waals surface area contributed by atoms with Gasteiger partial charge in [0, 0.05) is 24.4 Å². The van der Waals surface area contributed by atoms with Crippen LogP contribution in [-0.2, 0) is 0 Å². The van der Waals surface area contributed by atoms with E-state index in [0.717, 1.165) is 22.1 Å². The highest BCUT2D eigenvalue weighted by Gasteiger charge is 2.27. The van der Waals surface area contributed by atoms with Gasteiger partial charge in [-0.3, -0.25) is 0 Å². The van der Waals surface area contributed by atoms with Crippen LogP contribution < -0.4 is 5.32 Å². The fourth-order valence-electron chi connectivity index (χ4n) is 1.84. The number of hydrogen-bond donors (Lipinski definition) is 2. The molecule has 0 amide bonds. The zero-order chi connectivity index (χ0) is 12.5. The molecule has 94 valence electrons. The molecular formula is C12H14BrN5. The molecule has 5 nitrogen and oxygen atoms in total. The second-order valence-corrected chi connectivity index (χ2v) is 5.36. The third kappa shape index (κ3) is 2.53. The molecule has 6 heteroatoms. The Morgan fingerprint density at radius 3 is 2.94 bits per heavy atom. The number of hydrogen-bond acceptors (Lipinski definition) is 4. The molecule has 1 unspecified atom stereocenters. The highest BCUT2D eigenvalue weighted by Crippen LogP contribution is 2.38. The third-order valence-corrected chi connectivity index (χ3v) is 3.35. The molecule has 3 rings (SSSR count). The van der Waals surface area contributed by atoms with Crippen LogP contribution in [-0.4, -0.2) is 19.9 Å². The zero-order valence-corrected chi connectivity index (χ0v) is 11.6. The Morgan fingerprint density at radius 2 is 2.28 bits per heavy atom. The Balaban J connectivity index is 1.79. The number of aromatic nitrogens is 4. The summed E-state index contributed by atoms with van der Waals surface area (Å²) in [4.78, 5) is 16.3. The SMILES string of the molecule is CC(Nc1cc(Br)nc(C2CC2)n1)c1ncc[nH]1. The van der Waals surface area contributed by atoms with E-state index >= 15 is 0 Å². The van der Waals surface area contributed by atoms with Gasteiger partial charge in [-0.1, -0.05) is 0 Å². The summed E-state index contributed by atoms with van der Waals surface area (Å²) < 4.78 is 0.827. The molecule has 0 radical (unpaired) electrons.